The summed E-state index contributed by atoms with van der Waals surface area (Å²) in [5, 5.41) is 11.3. The first kappa shape index (κ1) is 12.2. The van der Waals surface area contributed by atoms with Gasteiger partial charge in [0.05, 0.1) is 12.3 Å². The number of hydrogen-bond acceptors (Lipinski definition) is 3. The van der Waals surface area contributed by atoms with E-state index in [9.17, 15) is 0 Å². The first-order valence-electron chi connectivity index (χ1n) is 5.97. The highest BCUT2D eigenvalue weighted by Crippen LogP contribution is 2.32. The van der Waals surface area contributed by atoms with Crippen LogP contribution in [0.2, 0.25) is 0 Å². The van der Waals surface area contributed by atoms with Gasteiger partial charge in [0.1, 0.15) is 0 Å². The number of halogens is 1. The van der Waals surface area contributed by atoms with E-state index in [0.29, 0.717) is 0 Å². The molecular formula is C14H14BrNOS. The molecule has 4 heteroatoms. The average molecular weight is 324 g/mol. The minimum atomic E-state index is 0.0908. The van der Waals surface area contributed by atoms with Crippen LogP contribution in [0.1, 0.15) is 16.0 Å². The molecule has 1 aliphatic rings. The normalized spacial score (nSPS) is 14.7. The number of aliphatic hydroxyl groups is 1. The lowest BCUT2D eigenvalue weighted by atomic mass is 10.1. The van der Waals surface area contributed by atoms with Crippen LogP contribution in [0, 0.1) is 0 Å². The molecule has 2 heterocycles. The third-order valence-electron chi connectivity index (χ3n) is 3.34. The van der Waals surface area contributed by atoms with Gasteiger partial charge in [-0.2, -0.15) is 0 Å². The van der Waals surface area contributed by atoms with Crippen LogP contribution in [0.5, 0.6) is 0 Å². The van der Waals surface area contributed by atoms with E-state index in [-0.39, 0.29) is 6.61 Å². The van der Waals surface area contributed by atoms with Gasteiger partial charge in [-0.05, 0) is 57.1 Å². The van der Waals surface area contributed by atoms with Gasteiger partial charge in [-0.3, -0.25) is 0 Å². The number of aliphatic hydroxyl groups excluding tert-OH is 1. The molecule has 0 aliphatic carbocycles. The topological polar surface area (TPSA) is 23.5 Å². The van der Waals surface area contributed by atoms with E-state index in [0.717, 1.165) is 29.5 Å². The standard InChI is InChI=1S/C14H14BrNOS/c15-12-7-10(9-17)1-2-13(12)16-5-3-14-11(8-16)4-6-18-14/h1-2,4,6-7,17H,3,5,8-9H2. The van der Waals surface area contributed by atoms with Crippen LogP contribution in [-0.2, 0) is 19.6 Å². The number of fused-ring (bicyclic) bond motifs is 1. The van der Waals surface area contributed by atoms with Crippen LogP contribution < -0.4 is 4.90 Å². The summed E-state index contributed by atoms with van der Waals surface area (Å²) >= 11 is 5.47. The van der Waals surface area contributed by atoms with Crippen molar-refractivity contribution >= 4 is 33.0 Å². The average Bonchev–Trinajstić information content (AvgIpc) is 2.85. The van der Waals surface area contributed by atoms with Crippen molar-refractivity contribution in [3.05, 3.63) is 50.1 Å². The van der Waals surface area contributed by atoms with E-state index < -0.39 is 0 Å². The van der Waals surface area contributed by atoms with Gasteiger partial charge in [-0.15, -0.1) is 11.3 Å². The van der Waals surface area contributed by atoms with Crippen LogP contribution in [0.15, 0.2) is 34.1 Å². The molecule has 0 radical (unpaired) electrons. The van der Waals surface area contributed by atoms with Crippen LogP contribution in [0.3, 0.4) is 0 Å². The Morgan fingerprint density at radius 3 is 3.00 bits per heavy atom. The molecular weight excluding hydrogens is 310 g/mol. The van der Waals surface area contributed by atoms with Crippen molar-refractivity contribution in [3.8, 4) is 0 Å². The molecule has 1 aliphatic heterocycles. The molecule has 0 atom stereocenters. The lowest BCUT2D eigenvalue weighted by molar-refractivity contribution is 0.282. The molecule has 3 rings (SSSR count). The molecule has 0 saturated heterocycles. The van der Waals surface area contributed by atoms with Gasteiger partial charge >= 0.3 is 0 Å². The number of benzene rings is 1. The molecule has 0 amide bonds. The van der Waals surface area contributed by atoms with Crippen LogP contribution in [-0.4, -0.2) is 11.7 Å². The monoisotopic (exact) mass is 323 g/mol. The molecule has 2 nitrogen and oxygen atoms in total. The molecule has 0 saturated carbocycles. The maximum atomic E-state index is 9.13. The van der Waals surface area contributed by atoms with Crippen molar-refractivity contribution in [2.24, 2.45) is 0 Å². The van der Waals surface area contributed by atoms with Gasteiger partial charge in [0.15, 0.2) is 0 Å². The summed E-state index contributed by atoms with van der Waals surface area (Å²) < 4.78 is 1.06. The van der Waals surface area contributed by atoms with Crippen molar-refractivity contribution in [1.29, 1.82) is 0 Å². The van der Waals surface area contributed by atoms with Gasteiger partial charge in [-0.1, -0.05) is 6.07 Å². The highest BCUT2D eigenvalue weighted by molar-refractivity contribution is 9.10. The summed E-state index contributed by atoms with van der Waals surface area (Å²) in [5.74, 6) is 0. The second kappa shape index (κ2) is 5.03. The highest BCUT2D eigenvalue weighted by atomic mass is 79.9. The van der Waals surface area contributed by atoms with Crippen molar-refractivity contribution in [3.63, 3.8) is 0 Å². The van der Waals surface area contributed by atoms with Crippen molar-refractivity contribution in [1.82, 2.24) is 0 Å². The first-order valence-corrected chi connectivity index (χ1v) is 7.64. The SMILES string of the molecule is OCc1ccc(N2CCc3sccc3C2)c(Br)c1. The number of thiophene rings is 1. The Bertz CT molecular complexity index is 567. The second-order valence-corrected chi connectivity index (χ2v) is 6.34. The second-order valence-electron chi connectivity index (χ2n) is 4.48. The Kier molecular flexibility index (Phi) is 3.41. The minimum Gasteiger partial charge on any atom is -0.392 e. The van der Waals surface area contributed by atoms with Crippen molar-refractivity contribution in [2.75, 3.05) is 11.4 Å². The fraction of sp³-hybridized carbons (Fsp3) is 0.286. The molecule has 1 aromatic carbocycles. The highest BCUT2D eigenvalue weighted by Gasteiger charge is 2.19. The predicted molar refractivity (Wildman–Crippen MR) is 79.1 cm³/mol. The summed E-state index contributed by atoms with van der Waals surface area (Å²) in [5.41, 5.74) is 3.60. The van der Waals surface area contributed by atoms with E-state index in [1.54, 1.807) is 0 Å². The van der Waals surface area contributed by atoms with Crippen molar-refractivity contribution in [2.45, 2.75) is 19.6 Å². The van der Waals surface area contributed by atoms with Gasteiger partial charge in [-0.25, -0.2) is 0 Å². The largest absolute Gasteiger partial charge is 0.392 e. The van der Waals surface area contributed by atoms with Crippen LogP contribution in [0.25, 0.3) is 0 Å². The van der Waals surface area contributed by atoms with E-state index in [4.69, 9.17) is 5.11 Å². The summed E-state index contributed by atoms with van der Waals surface area (Å²) in [6.07, 6.45) is 1.13. The Labute approximate surface area is 119 Å². The zero-order valence-corrected chi connectivity index (χ0v) is 12.3. The maximum Gasteiger partial charge on any atom is 0.0682 e. The molecule has 2 aromatic rings. The van der Waals surface area contributed by atoms with E-state index >= 15 is 0 Å². The van der Waals surface area contributed by atoms with E-state index in [1.807, 2.05) is 23.5 Å². The number of hydrogen-bond donors (Lipinski definition) is 1. The fourth-order valence-corrected chi connectivity index (χ4v) is 3.93. The zero-order valence-electron chi connectivity index (χ0n) is 9.90. The van der Waals surface area contributed by atoms with Gasteiger partial charge in [0, 0.05) is 22.4 Å². The summed E-state index contributed by atoms with van der Waals surface area (Å²) in [6.45, 7) is 2.13. The van der Waals surface area contributed by atoms with Crippen molar-refractivity contribution < 1.29 is 5.11 Å². The molecule has 1 N–H and O–H groups in total. The third kappa shape index (κ3) is 2.20. The maximum absolute atomic E-state index is 9.13. The van der Waals surface area contributed by atoms with E-state index in [1.165, 1.54) is 16.1 Å². The number of nitrogens with zero attached hydrogens (tertiary/aromatic N) is 1. The Balaban J connectivity index is 1.88. The molecule has 94 valence electrons. The smallest absolute Gasteiger partial charge is 0.0682 e. The van der Waals surface area contributed by atoms with Gasteiger partial charge in [0.2, 0.25) is 0 Å². The minimum absolute atomic E-state index is 0.0908. The summed E-state index contributed by atoms with van der Waals surface area (Å²) in [6, 6.07) is 8.30. The van der Waals surface area contributed by atoms with Gasteiger partial charge in [0.25, 0.3) is 0 Å². The first-order chi connectivity index (χ1) is 8.78. The number of rotatable bonds is 2. The molecule has 0 unspecified atom stereocenters. The third-order valence-corrected chi connectivity index (χ3v) is 5.00. The number of anilines is 1. The summed E-state index contributed by atoms with van der Waals surface area (Å²) in [7, 11) is 0. The zero-order chi connectivity index (χ0) is 12.5. The Morgan fingerprint density at radius 2 is 2.22 bits per heavy atom. The lowest BCUT2D eigenvalue weighted by Crippen LogP contribution is -2.29. The Hall–Kier alpha value is -0.840. The fourth-order valence-electron chi connectivity index (χ4n) is 2.36. The van der Waals surface area contributed by atoms with Crippen LogP contribution in [0.4, 0.5) is 5.69 Å². The molecule has 0 bridgehead atoms. The molecule has 18 heavy (non-hydrogen) atoms. The Morgan fingerprint density at radius 1 is 1.33 bits per heavy atom. The van der Waals surface area contributed by atoms with Gasteiger partial charge < -0.3 is 10.0 Å². The molecule has 0 spiro atoms. The molecule has 1 aromatic heterocycles. The predicted octanol–water partition coefficient (Wildman–Crippen LogP) is 3.57. The summed E-state index contributed by atoms with van der Waals surface area (Å²) in [4.78, 5) is 3.91. The van der Waals surface area contributed by atoms with Crippen LogP contribution >= 0.6 is 27.3 Å². The molecule has 0 fully saturated rings. The quantitative estimate of drug-likeness (QED) is 0.913. The lowest BCUT2D eigenvalue weighted by Gasteiger charge is -2.30. The van der Waals surface area contributed by atoms with E-state index in [2.05, 4.69) is 38.3 Å².